The van der Waals surface area contributed by atoms with Gasteiger partial charge in [0.05, 0.1) is 11.0 Å². The van der Waals surface area contributed by atoms with Gasteiger partial charge in [-0.1, -0.05) is 35.0 Å². The molecular weight excluding hydrogens is 328 g/mol. The van der Waals surface area contributed by atoms with E-state index < -0.39 is 10.1 Å². The first kappa shape index (κ1) is 13.3. The van der Waals surface area contributed by atoms with E-state index in [0.717, 1.165) is 17.3 Å². The van der Waals surface area contributed by atoms with E-state index in [4.69, 9.17) is 4.18 Å². The van der Waals surface area contributed by atoms with E-state index in [2.05, 4.69) is 35.0 Å². The molecule has 0 unspecified atom stereocenters. The van der Waals surface area contributed by atoms with Crippen molar-refractivity contribution in [2.24, 2.45) is 11.3 Å². The maximum atomic E-state index is 12.3. The highest BCUT2D eigenvalue weighted by Gasteiger charge is 2.50. The SMILES string of the molecule is C[C@]12C=C[C@H]1CC[C@H]2OS(=O)(=O)c1ccc(Br)cc1. The smallest absolute Gasteiger partial charge is 0.262 e. The number of hydrogen-bond donors (Lipinski definition) is 0. The van der Waals surface area contributed by atoms with E-state index in [1.807, 2.05) is 0 Å². The van der Waals surface area contributed by atoms with Crippen molar-refractivity contribution >= 4 is 26.0 Å². The third kappa shape index (κ3) is 2.18. The Balaban J connectivity index is 1.83. The average Bonchev–Trinajstić information content (AvgIpc) is 2.54. The van der Waals surface area contributed by atoms with Crippen LogP contribution in [0.15, 0.2) is 45.8 Å². The second kappa shape index (κ2) is 4.43. The number of allylic oxidation sites excluding steroid dienone is 1. The number of fused-ring (bicyclic) bond motifs is 1. The van der Waals surface area contributed by atoms with Crippen molar-refractivity contribution in [2.45, 2.75) is 30.8 Å². The lowest BCUT2D eigenvalue weighted by atomic mass is 9.70. The second-order valence-electron chi connectivity index (χ2n) is 5.40. The van der Waals surface area contributed by atoms with Crippen LogP contribution in [0.25, 0.3) is 0 Å². The molecule has 2 aliphatic carbocycles. The fourth-order valence-electron chi connectivity index (χ4n) is 2.89. The number of benzene rings is 1. The number of hydrogen-bond acceptors (Lipinski definition) is 3. The molecule has 0 N–H and O–H groups in total. The van der Waals surface area contributed by atoms with Gasteiger partial charge in [0, 0.05) is 9.89 Å². The fraction of sp³-hybridized carbons (Fsp3) is 0.429. The molecule has 0 heterocycles. The standard InChI is InChI=1S/C14H15BrO3S/c1-14-9-8-10(14)2-7-13(14)18-19(16,17)12-5-3-11(15)4-6-12/h3-6,8-10,13H,2,7H2,1H3/t10-,13-,14+/m1/s1. The Hall–Kier alpha value is -0.650. The van der Waals surface area contributed by atoms with Gasteiger partial charge in [-0.3, -0.25) is 4.18 Å². The Morgan fingerprint density at radius 2 is 1.95 bits per heavy atom. The third-order valence-corrected chi connectivity index (χ3v) is 6.13. The molecule has 1 saturated carbocycles. The molecule has 0 amide bonds. The van der Waals surface area contributed by atoms with Gasteiger partial charge >= 0.3 is 0 Å². The van der Waals surface area contributed by atoms with Gasteiger partial charge in [0.25, 0.3) is 10.1 Å². The second-order valence-corrected chi connectivity index (χ2v) is 7.89. The van der Waals surface area contributed by atoms with Crippen LogP contribution in [0, 0.1) is 11.3 Å². The lowest BCUT2D eigenvalue weighted by Crippen LogP contribution is -2.38. The highest BCUT2D eigenvalue weighted by Crippen LogP contribution is 2.53. The molecule has 3 rings (SSSR count). The molecule has 102 valence electrons. The summed E-state index contributed by atoms with van der Waals surface area (Å²) in [7, 11) is -3.68. The Labute approximate surface area is 121 Å². The van der Waals surface area contributed by atoms with Gasteiger partial charge in [-0.2, -0.15) is 8.42 Å². The first-order valence-electron chi connectivity index (χ1n) is 6.30. The van der Waals surface area contributed by atoms with Crippen LogP contribution >= 0.6 is 15.9 Å². The summed E-state index contributed by atoms with van der Waals surface area (Å²) < 4.78 is 30.8. The lowest BCUT2D eigenvalue weighted by molar-refractivity contribution is 0.102. The molecule has 19 heavy (non-hydrogen) atoms. The van der Waals surface area contributed by atoms with Crippen LogP contribution in [0.4, 0.5) is 0 Å². The zero-order chi connectivity index (χ0) is 13.7. The van der Waals surface area contributed by atoms with Crippen molar-refractivity contribution in [2.75, 3.05) is 0 Å². The molecule has 3 atom stereocenters. The van der Waals surface area contributed by atoms with Gasteiger partial charge < -0.3 is 0 Å². The van der Waals surface area contributed by atoms with Crippen molar-refractivity contribution in [3.63, 3.8) is 0 Å². The zero-order valence-corrected chi connectivity index (χ0v) is 12.9. The molecule has 1 fully saturated rings. The molecule has 0 saturated heterocycles. The van der Waals surface area contributed by atoms with Crippen LogP contribution in [0.3, 0.4) is 0 Å². The van der Waals surface area contributed by atoms with Crippen molar-refractivity contribution in [1.82, 2.24) is 0 Å². The van der Waals surface area contributed by atoms with Gasteiger partial charge in [0.1, 0.15) is 0 Å². The summed E-state index contributed by atoms with van der Waals surface area (Å²) in [5, 5.41) is 0. The molecule has 1 aromatic carbocycles. The van der Waals surface area contributed by atoms with Crippen LogP contribution in [-0.4, -0.2) is 14.5 Å². The summed E-state index contributed by atoms with van der Waals surface area (Å²) in [6.07, 6.45) is 5.79. The summed E-state index contributed by atoms with van der Waals surface area (Å²) in [6.45, 7) is 2.08. The Bertz CT molecular complexity index is 621. The molecule has 3 nitrogen and oxygen atoms in total. The Morgan fingerprint density at radius 3 is 2.47 bits per heavy atom. The molecule has 0 radical (unpaired) electrons. The molecule has 0 aliphatic heterocycles. The van der Waals surface area contributed by atoms with E-state index in [1.54, 1.807) is 24.3 Å². The predicted molar refractivity (Wildman–Crippen MR) is 76.2 cm³/mol. The third-order valence-electron chi connectivity index (χ3n) is 4.27. The van der Waals surface area contributed by atoms with Crippen molar-refractivity contribution in [3.8, 4) is 0 Å². The largest absolute Gasteiger partial charge is 0.297 e. The molecule has 5 heteroatoms. The number of rotatable bonds is 3. The molecule has 0 spiro atoms. The van der Waals surface area contributed by atoms with E-state index in [1.165, 1.54) is 0 Å². The molecule has 1 aromatic rings. The van der Waals surface area contributed by atoms with Gasteiger partial charge in [-0.05, 0) is 43.0 Å². The Kier molecular flexibility index (Phi) is 3.11. The van der Waals surface area contributed by atoms with Gasteiger partial charge in [0.15, 0.2) is 0 Å². The lowest BCUT2D eigenvalue weighted by Gasteiger charge is -2.38. The maximum Gasteiger partial charge on any atom is 0.297 e. The maximum absolute atomic E-state index is 12.3. The monoisotopic (exact) mass is 342 g/mol. The first-order valence-corrected chi connectivity index (χ1v) is 8.50. The summed E-state index contributed by atoms with van der Waals surface area (Å²) in [5.74, 6) is 0.470. The normalized spacial score (nSPS) is 32.9. The van der Waals surface area contributed by atoms with Gasteiger partial charge in [-0.15, -0.1) is 0 Å². The summed E-state index contributed by atoms with van der Waals surface area (Å²) in [4.78, 5) is 0.214. The van der Waals surface area contributed by atoms with Crippen molar-refractivity contribution < 1.29 is 12.6 Å². The predicted octanol–water partition coefficient (Wildman–Crippen LogP) is 3.51. The zero-order valence-electron chi connectivity index (χ0n) is 10.5. The Morgan fingerprint density at radius 1 is 1.26 bits per heavy atom. The van der Waals surface area contributed by atoms with Crippen LogP contribution in [-0.2, 0) is 14.3 Å². The molecular formula is C14H15BrO3S. The van der Waals surface area contributed by atoms with E-state index in [0.29, 0.717) is 5.92 Å². The van der Waals surface area contributed by atoms with Gasteiger partial charge in [-0.25, -0.2) is 0 Å². The topological polar surface area (TPSA) is 43.4 Å². The average molecular weight is 343 g/mol. The van der Waals surface area contributed by atoms with Crippen LogP contribution in [0.1, 0.15) is 19.8 Å². The summed E-state index contributed by atoms with van der Waals surface area (Å²) >= 11 is 3.29. The highest BCUT2D eigenvalue weighted by molar-refractivity contribution is 9.10. The van der Waals surface area contributed by atoms with Gasteiger partial charge in [0.2, 0.25) is 0 Å². The van der Waals surface area contributed by atoms with E-state index >= 15 is 0 Å². The minimum atomic E-state index is -3.68. The first-order chi connectivity index (χ1) is 8.92. The van der Waals surface area contributed by atoms with Crippen LogP contribution in [0.5, 0.6) is 0 Å². The van der Waals surface area contributed by atoms with Crippen LogP contribution < -0.4 is 0 Å². The molecule has 0 bridgehead atoms. The fourth-order valence-corrected chi connectivity index (χ4v) is 4.35. The summed E-state index contributed by atoms with van der Waals surface area (Å²) in [5.41, 5.74) is -0.109. The van der Waals surface area contributed by atoms with E-state index in [9.17, 15) is 8.42 Å². The van der Waals surface area contributed by atoms with E-state index in [-0.39, 0.29) is 16.4 Å². The molecule has 0 aromatic heterocycles. The number of halogens is 1. The quantitative estimate of drug-likeness (QED) is 0.623. The van der Waals surface area contributed by atoms with Crippen molar-refractivity contribution in [3.05, 3.63) is 40.9 Å². The molecule has 2 aliphatic rings. The van der Waals surface area contributed by atoms with Crippen LogP contribution in [0.2, 0.25) is 0 Å². The summed E-state index contributed by atoms with van der Waals surface area (Å²) in [6, 6.07) is 6.53. The minimum Gasteiger partial charge on any atom is -0.262 e. The van der Waals surface area contributed by atoms with Crippen molar-refractivity contribution in [1.29, 1.82) is 0 Å². The highest BCUT2D eigenvalue weighted by atomic mass is 79.9. The minimum absolute atomic E-state index is 0.109.